The van der Waals surface area contributed by atoms with Gasteiger partial charge in [0, 0.05) is 6.04 Å². The summed E-state index contributed by atoms with van der Waals surface area (Å²) in [5, 5.41) is 12.4. The zero-order chi connectivity index (χ0) is 17.3. The van der Waals surface area contributed by atoms with Crippen molar-refractivity contribution in [1.29, 1.82) is 5.26 Å². The molecule has 1 aromatic carbocycles. The van der Waals surface area contributed by atoms with Gasteiger partial charge in [-0.1, -0.05) is 12.1 Å². The monoisotopic (exact) mass is 316 g/mol. The van der Waals surface area contributed by atoms with Gasteiger partial charge in [0.15, 0.2) is 0 Å². The molecule has 1 fully saturated rings. The summed E-state index contributed by atoms with van der Waals surface area (Å²) in [5.74, 6) is -0.374. The highest BCUT2D eigenvalue weighted by Crippen LogP contribution is 2.38. The molecule has 1 N–H and O–H groups in total. The van der Waals surface area contributed by atoms with E-state index < -0.39 is 11.6 Å². The molecule has 0 saturated carbocycles. The van der Waals surface area contributed by atoms with Gasteiger partial charge in [-0.3, -0.25) is 5.32 Å². The third kappa shape index (κ3) is 3.90. The molecule has 5 heteroatoms. The number of benzene rings is 1. The average molecular weight is 316 g/mol. The largest absolute Gasteiger partial charge is 0.468 e. The molecule has 1 aromatic rings. The number of ether oxygens (including phenoxy) is 2. The summed E-state index contributed by atoms with van der Waals surface area (Å²) in [6.45, 7) is 8.11. The molecule has 0 radical (unpaired) electrons. The Labute approximate surface area is 137 Å². The second kappa shape index (κ2) is 6.31. The first-order valence-electron chi connectivity index (χ1n) is 7.72. The summed E-state index contributed by atoms with van der Waals surface area (Å²) in [6.07, 6.45) is 0.783. The number of hydrogen-bond acceptors (Lipinski definition) is 5. The number of esters is 1. The molecule has 124 valence electrons. The van der Waals surface area contributed by atoms with Crippen molar-refractivity contribution in [3.05, 3.63) is 35.4 Å². The fourth-order valence-electron chi connectivity index (χ4n) is 3.23. The highest BCUT2D eigenvalue weighted by Gasteiger charge is 2.47. The molecule has 1 aliphatic heterocycles. The quantitative estimate of drug-likeness (QED) is 0.865. The van der Waals surface area contributed by atoms with Gasteiger partial charge >= 0.3 is 5.97 Å². The standard InChI is InChI=1S/C18H24N2O3/c1-17(2)10-14(18(3,4)23-17)20-15(16(21)22-5)13-8-6-7-12(9-13)11-19/h6-9,14-15,20H,10H2,1-5H3/t14-,15+/m1/s1. The van der Waals surface area contributed by atoms with E-state index in [4.69, 9.17) is 14.7 Å². The number of nitrogens with one attached hydrogen (secondary N) is 1. The van der Waals surface area contributed by atoms with E-state index in [0.717, 1.165) is 12.0 Å². The van der Waals surface area contributed by atoms with Crippen LogP contribution in [0.1, 0.15) is 51.3 Å². The van der Waals surface area contributed by atoms with Gasteiger partial charge in [-0.15, -0.1) is 0 Å². The summed E-state index contributed by atoms with van der Waals surface area (Å²) >= 11 is 0. The number of hydrogen-bond donors (Lipinski definition) is 1. The van der Waals surface area contributed by atoms with Crippen LogP contribution in [0.3, 0.4) is 0 Å². The van der Waals surface area contributed by atoms with Crippen molar-refractivity contribution in [2.24, 2.45) is 0 Å². The van der Waals surface area contributed by atoms with Crippen molar-refractivity contribution in [3.63, 3.8) is 0 Å². The maximum Gasteiger partial charge on any atom is 0.327 e. The molecule has 1 saturated heterocycles. The summed E-state index contributed by atoms with van der Waals surface area (Å²) < 4.78 is 11.0. The molecular weight excluding hydrogens is 292 g/mol. The van der Waals surface area contributed by atoms with Crippen LogP contribution in [0.4, 0.5) is 0 Å². The van der Waals surface area contributed by atoms with Crippen LogP contribution in [-0.4, -0.2) is 30.3 Å². The number of nitriles is 1. The smallest absolute Gasteiger partial charge is 0.327 e. The molecule has 0 aliphatic carbocycles. The Morgan fingerprint density at radius 1 is 1.43 bits per heavy atom. The maximum atomic E-state index is 12.3. The van der Waals surface area contributed by atoms with E-state index in [1.807, 2.05) is 33.8 Å². The highest BCUT2D eigenvalue weighted by molar-refractivity contribution is 5.77. The van der Waals surface area contributed by atoms with Crippen molar-refractivity contribution < 1.29 is 14.3 Å². The van der Waals surface area contributed by atoms with Gasteiger partial charge in [0.2, 0.25) is 0 Å². The lowest BCUT2D eigenvalue weighted by atomic mass is 9.92. The van der Waals surface area contributed by atoms with E-state index in [2.05, 4.69) is 11.4 Å². The van der Waals surface area contributed by atoms with E-state index in [1.54, 1.807) is 18.2 Å². The minimum Gasteiger partial charge on any atom is -0.468 e. The molecule has 1 aliphatic rings. The van der Waals surface area contributed by atoms with E-state index in [-0.39, 0.29) is 17.6 Å². The molecule has 23 heavy (non-hydrogen) atoms. The van der Waals surface area contributed by atoms with Crippen LogP contribution in [-0.2, 0) is 14.3 Å². The first-order valence-corrected chi connectivity index (χ1v) is 7.72. The van der Waals surface area contributed by atoms with E-state index in [9.17, 15) is 4.79 Å². The summed E-state index contributed by atoms with van der Waals surface area (Å²) in [4.78, 5) is 12.3. The van der Waals surface area contributed by atoms with E-state index in [0.29, 0.717) is 5.56 Å². The van der Waals surface area contributed by atoms with Crippen LogP contribution in [0, 0.1) is 11.3 Å². The van der Waals surface area contributed by atoms with E-state index >= 15 is 0 Å². The second-order valence-electron chi connectivity index (χ2n) is 7.08. The molecule has 1 heterocycles. The van der Waals surface area contributed by atoms with Crippen LogP contribution in [0.2, 0.25) is 0 Å². The highest BCUT2D eigenvalue weighted by atomic mass is 16.5. The van der Waals surface area contributed by atoms with E-state index in [1.165, 1.54) is 7.11 Å². The predicted molar refractivity (Wildman–Crippen MR) is 86.7 cm³/mol. The Morgan fingerprint density at radius 3 is 2.65 bits per heavy atom. The van der Waals surface area contributed by atoms with Crippen LogP contribution >= 0.6 is 0 Å². The van der Waals surface area contributed by atoms with Gasteiger partial charge < -0.3 is 9.47 Å². The maximum absolute atomic E-state index is 12.3. The summed E-state index contributed by atoms with van der Waals surface area (Å²) in [5.41, 5.74) is 0.579. The van der Waals surface area contributed by atoms with Crippen molar-refractivity contribution in [3.8, 4) is 6.07 Å². The van der Waals surface area contributed by atoms with Gasteiger partial charge in [-0.2, -0.15) is 5.26 Å². The van der Waals surface area contributed by atoms with Crippen LogP contribution < -0.4 is 5.32 Å². The number of carbonyl (C=O) groups is 1. The molecule has 0 unspecified atom stereocenters. The fourth-order valence-corrected chi connectivity index (χ4v) is 3.23. The lowest BCUT2D eigenvalue weighted by Crippen LogP contribution is -2.47. The van der Waals surface area contributed by atoms with Gasteiger partial charge in [-0.25, -0.2) is 4.79 Å². The third-order valence-corrected chi connectivity index (χ3v) is 4.23. The van der Waals surface area contributed by atoms with Crippen LogP contribution in [0.5, 0.6) is 0 Å². The van der Waals surface area contributed by atoms with Crippen LogP contribution in [0.25, 0.3) is 0 Å². The van der Waals surface area contributed by atoms with Gasteiger partial charge in [0.25, 0.3) is 0 Å². The zero-order valence-electron chi connectivity index (χ0n) is 14.3. The molecule has 0 aromatic heterocycles. The molecule has 0 spiro atoms. The number of carbonyl (C=O) groups excluding carboxylic acids is 1. The van der Waals surface area contributed by atoms with Gasteiger partial charge in [0.05, 0.1) is 29.9 Å². The van der Waals surface area contributed by atoms with Crippen molar-refractivity contribution in [1.82, 2.24) is 5.32 Å². The lowest BCUT2D eigenvalue weighted by molar-refractivity contribution is -0.144. The Bertz CT molecular complexity index is 631. The minimum atomic E-state index is -0.630. The molecule has 5 nitrogen and oxygen atoms in total. The third-order valence-electron chi connectivity index (χ3n) is 4.23. The Balaban J connectivity index is 2.30. The van der Waals surface area contributed by atoms with Gasteiger partial charge in [0.1, 0.15) is 6.04 Å². The fraction of sp³-hybridized carbons (Fsp3) is 0.556. The normalized spacial score (nSPS) is 23.0. The predicted octanol–water partition coefficient (Wildman–Crippen LogP) is 2.71. The molecule has 2 rings (SSSR count). The molecule has 0 bridgehead atoms. The Kier molecular flexibility index (Phi) is 4.79. The zero-order valence-corrected chi connectivity index (χ0v) is 14.3. The molecule has 2 atom stereocenters. The summed E-state index contributed by atoms with van der Waals surface area (Å²) in [7, 11) is 1.37. The Morgan fingerprint density at radius 2 is 2.13 bits per heavy atom. The molecule has 0 amide bonds. The second-order valence-corrected chi connectivity index (χ2v) is 7.08. The van der Waals surface area contributed by atoms with Crippen molar-refractivity contribution in [2.45, 2.75) is 57.4 Å². The summed E-state index contributed by atoms with van der Waals surface area (Å²) in [6, 6.07) is 8.48. The number of methoxy groups -OCH3 is 1. The molecular formula is C18H24N2O3. The van der Waals surface area contributed by atoms with Crippen molar-refractivity contribution >= 4 is 5.97 Å². The number of nitrogens with zero attached hydrogens (tertiary/aromatic N) is 1. The first kappa shape index (κ1) is 17.5. The average Bonchev–Trinajstić information content (AvgIpc) is 2.70. The first-order chi connectivity index (χ1) is 10.7. The SMILES string of the molecule is COC(=O)[C@@H](N[C@@H]1CC(C)(C)OC1(C)C)c1cccc(C#N)c1. The topological polar surface area (TPSA) is 71.3 Å². The number of rotatable bonds is 4. The van der Waals surface area contributed by atoms with Crippen LogP contribution in [0.15, 0.2) is 24.3 Å². The van der Waals surface area contributed by atoms with Crippen molar-refractivity contribution in [2.75, 3.05) is 7.11 Å². The van der Waals surface area contributed by atoms with Gasteiger partial charge in [-0.05, 0) is 51.8 Å². The minimum absolute atomic E-state index is 0.00709. The Hall–Kier alpha value is -1.90. The lowest BCUT2D eigenvalue weighted by Gasteiger charge is -2.30.